The Bertz CT molecular complexity index is 553. The number of carboxylic acid groups (broad SMARTS) is 1. The Morgan fingerprint density at radius 3 is 2.67 bits per heavy atom. The summed E-state index contributed by atoms with van der Waals surface area (Å²) < 4.78 is 5.78. The van der Waals surface area contributed by atoms with E-state index in [2.05, 4.69) is 5.32 Å². The lowest BCUT2D eigenvalue weighted by Gasteiger charge is -2.12. The van der Waals surface area contributed by atoms with Gasteiger partial charge >= 0.3 is 5.97 Å². The summed E-state index contributed by atoms with van der Waals surface area (Å²) >= 11 is 0. The Kier molecular flexibility index (Phi) is 3.82. The van der Waals surface area contributed by atoms with Crippen molar-refractivity contribution in [3.63, 3.8) is 0 Å². The van der Waals surface area contributed by atoms with Crippen molar-refractivity contribution < 1.29 is 19.4 Å². The smallest absolute Gasteiger partial charge is 0.307 e. The summed E-state index contributed by atoms with van der Waals surface area (Å²) in [5.74, 6) is -0.471. The van der Waals surface area contributed by atoms with E-state index in [0.29, 0.717) is 18.9 Å². The van der Waals surface area contributed by atoms with E-state index in [0.717, 1.165) is 17.9 Å². The average molecular weight is 289 g/mol. The van der Waals surface area contributed by atoms with Crippen molar-refractivity contribution in [3.8, 4) is 5.75 Å². The zero-order valence-corrected chi connectivity index (χ0v) is 11.7. The van der Waals surface area contributed by atoms with E-state index in [1.54, 1.807) is 0 Å². The van der Waals surface area contributed by atoms with E-state index in [9.17, 15) is 9.59 Å². The lowest BCUT2D eigenvalue weighted by Crippen LogP contribution is -2.26. The summed E-state index contributed by atoms with van der Waals surface area (Å²) in [6.45, 7) is 1.11. The summed E-state index contributed by atoms with van der Waals surface area (Å²) in [6.07, 6.45) is 2.91. The number of carbonyl (C=O) groups excluding carboxylic acids is 1. The van der Waals surface area contributed by atoms with Crippen molar-refractivity contribution in [3.05, 3.63) is 29.8 Å². The van der Waals surface area contributed by atoms with Gasteiger partial charge in [0.25, 0.3) is 0 Å². The highest BCUT2D eigenvalue weighted by Gasteiger charge is 2.48. The van der Waals surface area contributed by atoms with Crippen molar-refractivity contribution >= 4 is 11.9 Å². The maximum absolute atomic E-state index is 11.9. The van der Waals surface area contributed by atoms with Gasteiger partial charge in [0.1, 0.15) is 5.75 Å². The lowest BCUT2D eigenvalue weighted by molar-refractivity contribution is -0.140. The molecule has 21 heavy (non-hydrogen) atoms. The zero-order chi connectivity index (χ0) is 14.8. The minimum absolute atomic E-state index is 0.181. The molecule has 0 unspecified atom stereocenters. The van der Waals surface area contributed by atoms with Crippen molar-refractivity contribution in [2.24, 2.45) is 17.8 Å². The third-order valence-corrected chi connectivity index (χ3v) is 4.04. The molecule has 2 saturated carbocycles. The zero-order valence-electron chi connectivity index (χ0n) is 11.7. The molecule has 3 rings (SSSR count). The van der Waals surface area contributed by atoms with Crippen LogP contribution < -0.4 is 10.1 Å². The van der Waals surface area contributed by atoms with Crippen molar-refractivity contribution in [2.45, 2.75) is 25.8 Å². The largest absolute Gasteiger partial charge is 0.493 e. The van der Waals surface area contributed by atoms with Crippen molar-refractivity contribution in [1.82, 2.24) is 5.32 Å². The van der Waals surface area contributed by atoms with Crippen LogP contribution in [-0.2, 0) is 16.1 Å². The number of nitrogens with one attached hydrogen (secondary N) is 1. The van der Waals surface area contributed by atoms with Gasteiger partial charge in [0.15, 0.2) is 0 Å². The van der Waals surface area contributed by atoms with Crippen LogP contribution in [0.2, 0.25) is 0 Å². The summed E-state index contributed by atoms with van der Waals surface area (Å²) in [4.78, 5) is 22.6. The number of para-hydroxylation sites is 1. The lowest BCUT2D eigenvalue weighted by atomic mass is 10.2. The van der Waals surface area contributed by atoms with E-state index >= 15 is 0 Å². The number of carboxylic acids is 1. The minimum Gasteiger partial charge on any atom is -0.493 e. The van der Waals surface area contributed by atoms with Gasteiger partial charge in [0.2, 0.25) is 5.91 Å². The highest BCUT2D eigenvalue weighted by atomic mass is 16.5. The Labute approximate surface area is 123 Å². The number of benzene rings is 1. The highest BCUT2D eigenvalue weighted by molar-refractivity contribution is 5.89. The van der Waals surface area contributed by atoms with Gasteiger partial charge < -0.3 is 15.2 Å². The second-order valence-electron chi connectivity index (χ2n) is 5.87. The number of rotatable bonds is 7. The average Bonchev–Trinajstić information content (AvgIpc) is 3.37. The maximum Gasteiger partial charge on any atom is 0.307 e. The SMILES string of the molecule is O=C(O)[C@@H]1C[C@H]1C(=O)NCc1ccccc1OCC1CC1. The van der Waals surface area contributed by atoms with Crippen LogP contribution in [0.15, 0.2) is 24.3 Å². The molecule has 0 spiro atoms. The molecule has 1 amide bonds. The van der Waals surface area contributed by atoms with Gasteiger partial charge in [-0.1, -0.05) is 18.2 Å². The standard InChI is InChI=1S/C16H19NO4/c18-15(12-7-13(12)16(19)20)17-8-11-3-1-2-4-14(11)21-9-10-5-6-10/h1-4,10,12-13H,5-9H2,(H,17,18)(H,19,20)/t12-,13-/m1/s1. The highest BCUT2D eigenvalue weighted by Crippen LogP contribution is 2.38. The third kappa shape index (κ3) is 3.54. The van der Waals surface area contributed by atoms with Crippen LogP contribution >= 0.6 is 0 Å². The summed E-state index contributed by atoms with van der Waals surface area (Å²) in [6, 6.07) is 7.64. The van der Waals surface area contributed by atoms with Crippen LogP contribution in [-0.4, -0.2) is 23.6 Å². The van der Waals surface area contributed by atoms with Crippen LogP contribution in [0.25, 0.3) is 0 Å². The van der Waals surface area contributed by atoms with Crippen molar-refractivity contribution in [1.29, 1.82) is 0 Å². The van der Waals surface area contributed by atoms with Gasteiger partial charge in [-0.05, 0) is 31.2 Å². The molecule has 0 bridgehead atoms. The first kappa shape index (κ1) is 13.9. The fourth-order valence-corrected chi connectivity index (χ4v) is 2.35. The van der Waals surface area contributed by atoms with E-state index in [1.807, 2.05) is 24.3 Å². The predicted molar refractivity (Wildman–Crippen MR) is 75.7 cm³/mol. The summed E-state index contributed by atoms with van der Waals surface area (Å²) in [5, 5.41) is 11.6. The summed E-state index contributed by atoms with van der Waals surface area (Å²) in [7, 11) is 0. The quantitative estimate of drug-likeness (QED) is 0.802. The topological polar surface area (TPSA) is 75.6 Å². The molecule has 2 N–H and O–H groups in total. The number of aliphatic carboxylic acids is 1. The summed E-state index contributed by atoms with van der Waals surface area (Å²) in [5.41, 5.74) is 0.930. The van der Waals surface area contributed by atoms with E-state index in [4.69, 9.17) is 9.84 Å². The maximum atomic E-state index is 11.9. The molecule has 112 valence electrons. The molecule has 0 heterocycles. The number of amides is 1. The fraction of sp³-hybridized carbons (Fsp3) is 0.500. The first-order valence-corrected chi connectivity index (χ1v) is 7.36. The molecule has 0 aliphatic heterocycles. The van der Waals surface area contributed by atoms with Gasteiger partial charge in [-0.15, -0.1) is 0 Å². The monoisotopic (exact) mass is 289 g/mol. The van der Waals surface area contributed by atoms with Crippen LogP contribution in [0.5, 0.6) is 5.75 Å². The van der Waals surface area contributed by atoms with Gasteiger partial charge in [0, 0.05) is 12.1 Å². The fourth-order valence-electron chi connectivity index (χ4n) is 2.35. The molecular weight excluding hydrogens is 270 g/mol. The third-order valence-electron chi connectivity index (χ3n) is 4.04. The van der Waals surface area contributed by atoms with E-state index < -0.39 is 11.9 Å². The van der Waals surface area contributed by atoms with Gasteiger partial charge in [-0.25, -0.2) is 0 Å². The van der Waals surface area contributed by atoms with Gasteiger partial charge in [-0.2, -0.15) is 0 Å². The molecular formula is C16H19NO4. The normalized spacial score (nSPS) is 23.4. The van der Waals surface area contributed by atoms with Crippen molar-refractivity contribution in [2.75, 3.05) is 6.61 Å². The predicted octanol–water partition coefficient (Wildman–Crippen LogP) is 1.81. The molecule has 2 fully saturated rings. The number of hydrogen-bond donors (Lipinski definition) is 2. The molecule has 0 radical (unpaired) electrons. The first-order valence-electron chi connectivity index (χ1n) is 7.36. The van der Waals surface area contributed by atoms with Crippen LogP contribution in [0.1, 0.15) is 24.8 Å². The van der Waals surface area contributed by atoms with Crippen LogP contribution in [0.3, 0.4) is 0 Å². The molecule has 1 aromatic rings. The molecule has 5 nitrogen and oxygen atoms in total. The molecule has 2 aliphatic carbocycles. The van der Waals surface area contributed by atoms with E-state index in [1.165, 1.54) is 12.8 Å². The van der Waals surface area contributed by atoms with Crippen LogP contribution in [0, 0.1) is 17.8 Å². The van der Waals surface area contributed by atoms with Gasteiger partial charge in [0.05, 0.1) is 18.4 Å². The molecule has 2 atom stereocenters. The molecule has 2 aliphatic rings. The second-order valence-corrected chi connectivity index (χ2v) is 5.87. The Balaban J connectivity index is 1.52. The molecule has 1 aromatic carbocycles. The van der Waals surface area contributed by atoms with Gasteiger partial charge in [-0.3, -0.25) is 9.59 Å². The van der Waals surface area contributed by atoms with Crippen LogP contribution in [0.4, 0.5) is 0 Å². The Hall–Kier alpha value is -2.04. The molecule has 5 heteroatoms. The Morgan fingerprint density at radius 2 is 2.00 bits per heavy atom. The minimum atomic E-state index is -0.886. The number of hydrogen-bond acceptors (Lipinski definition) is 3. The Morgan fingerprint density at radius 1 is 1.24 bits per heavy atom. The number of ether oxygens (including phenoxy) is 1. The number of carbonyl (C=O) groups is 2. The molecule has 0 saturated heterocycles. The van der Waals surface area contributed by atoms with E-state index in [-0.39, 0.29) is 11.8 Å². The molecule has 0 aromatic heterocycles. The second kappa shape index (κ2) is 5.76. The first-order chi connectivity index (χ1) is 10.1.